The number of aliphatic carboxylic acids is 1. The summed E-state index contributed by atoms with van der Waals surface area (Å²) < 4.78 is 134. The number of carboxylic acid groups (broad SMARTS) is 1. The molecule has 3 heterocycles. The highest BCUT2D eigenvalue weighted by Gasteiger charge is 2.55. The lowest BCUT2D eigenvalue weighted by atomic mass is 9.96. The molecule has 0 aromatic heterocycles. The number of rotatable bonds is 78. The lowest BCUT2D eigenvalue weighted by Gasteiger charge is -2.44. The molecule has 3 rings (SSSR count). The van der Waals surface area contributed by atoms with Crippen LogP contribution in [0.4, 0.5) is 0 Å². The van der Waals surface area contributed by atoms with Crippen LogP contribution in [-0.4, -0.2) is 406 Å². The molecule has 3 saturated heterocycles. The third-order valence-corrected chi connectivity index (χ3v) is 20.8. The standard InChI is InChI=1S/C92H151N9O44/c1-14-15-16-17-18-28-74(114)93-29-24-21-27-70(89(120)121)101-88(119)69(26-20-23-31-95-76(116)54-129-42-39-123-33-36-126-45-48-132-91-79(97-57(3)103)85(141-66(12)112)82(138-63(9)109)72(144-91)51-135-60(6)106)100-87(118)68(99-77(117)55-130-43-40-124-34-37-127-46-49-133-92-80(98-58(4)104)86(142-67(13)113)83(139-64(10)110)73(145-92)52-136-61(7)107)25-19-22-30-94-75(115)53-128-41-38-122-32-35-125-44-47-131-90-78(96-56(2)102)84(140-65(11)111)81(137-62(8)108)71(143-90)50-134-59(5)105/h68-73,78-86,90-92H,14-55H2,1-13H3,(H,93,114)(H,94,115)(H,95,116)(H,96,102)(H,97,103)(H,98,104)(H,99,117)(H,100,118)(H,101,119)(H,120,121)/t68-,69-,70-,71+,72+,73+,78+,79+,80+,81-,82-,83-,84+,85?,86+,90+,91+,92+/m0/s1. The van der Waals surface area contributed by atoms with E-state index in [1.54, 1.807) is 0 Å². The summed E-state index contributed by atoms with van der Waals surface area (Å²) in [6, 6.07) is -7.81. The molecule has 0 radical (unpaired) electrons. The van der Waals surface area contributed by atoms with Crippen LogP contribution in [0.15, 0.2) is 0 Å². The Morgan fingerprint density at radius 2 is 0.538 bits per heavy atom. The highest BCUT2D eigenvalue weighted by Crippen LogP contribution is 2.32. The molecular weight excluding hydrogens is 1940 g/mol. The molecule has 3 aliphatic rings. The molecule has 0 spiro atoms. The minimum Gasteiger partial charge on any atom is -0.480 e. The van der Waals surface area contributed by atoms with Gasteiger partial charge in [0.05, 0.1) is 119 Å². The Labute approximate surface area is 841 Å². The second-order valence-corrected chi connectivity index (χ2v) is 33.4. The summed E-state index contributed by atoms with van der Waals surface area (Å²) in [6.45, 7) is 13.1. The van der Waals surface area contributed by atoms with E-state index in [0.29, 0.717) is 12.8 Å². The number of carboxylic acids is 1. The monoisotopic (exact) mass is 2090 g/mol. The van der Waals surface area contributed by atoms with Gasteiger partial charge < -0.3 is 167 Å². The van der Waals surface area contributed by atoms with Crippen molar-refractivity contribution in [1.29, 1.82) is 0 Å². The quantitative estimate of drug-likeness (QED) is 0.0177. The van der Waals surface area contributed by atoms with E-state index in [1.807, 2.05) is 0 Å². The summed E-state index contributed by atoms with van der Waals surface area (Å²) in [5.41, 5.74) is 0. The van der Waals surface area contributed by atoms with Crippen LogP contribution in [0.1, 0.15) is 186 Å². The maximum absolute atomic E-state index is 14.6. The Balaban J connectivity index is 1.68. The van der Waals surface area contributed by atoms with Crippen molar-refractivity contribution in [1.82, 2.24) is 47.9 Å². The van der Waals surface area contributed by atoms with Gasteiger partial charge in [0.1, 0.15) is 94.2 Å². The van der Waals surface area contributed by atoms with Crippen LogP contribution in [0, 0.1) is 0 Å². The van der Waals surface area contributed by atoms with Crippen molar-refractivity contribution >= 4 is 113 Å². The number of amides is 9. The van der Waals surface area contributed by atoms with Crippen molar-refractivity contribution in [3.05, 3.63) is 0 Å². The molecule has 0 bridgehead atoms. The molecule has 828 valence electrons. The molecule has 18 atom stereocenters. The number of hydrogen-bond acceptors (Lipinski definition) is 43. The van der Waals surface area contributed by atoms with Crippen LogP contribution in [0.2, 0.25) is 0 Å². The van der Waals surface area contributed by atoms with Crippen molar-refractivity contribution in [2.24, 2.45) is 0 Å². The number of esters is 9. The van der Waals surface area contributed by atoms with Gasteiger partial charge in [-0.1, -0.05) is 32.6 Å². The van der Waals surface area contributed by atoms with Crippen LogP contribution in [-0.2, 0) is 205 Å². The Morgan fingerprint density at radius 3 is 0.828 bits per heavy atom. The second-order valence-electron chi connectivity index (χ2n) is 33.4. The van der Waals surface area contributed by atoms with Gasteiger partial charge in [-0.15, -0.1) is 0 Å². The third-order valence-electron chi connectivity index (χ3n) is 20.8. The molecule has 53 nitrogen and oxygen atoms in total. The van der Waals surface area contributed by atoms with E-state index in [0.717, 1.165) is 94.4 Å². The molecule has 0 saturated carbocycles. The zero-order chi connectivity index (χ0) is 107. The van der Waals surface area contributed by atoms with Gasteiger partial charge in [-0.05, 0) is 64.2 Å². The van der Waals surface area contributed by atoms with E-state index in [1.165, 1.54) is 20.8 Å². The summed E-state index contributed by atoms with van der Waals surface area (Å²) in [7, 11) is 0. The Bertz CT molecular complexity index is 3950. The first-order valence-corrected chi connectivity index (χ1v) is 48.4. The average Bonchev–Trinajstić information content (AvgIpc) is 0.794. The van der Waals surface area contributed by atoms with Crippen molar-refractivity contribution < 1.29 is 210 Å². The van der Waals surface area contributed by atoms with E-state index in [4.69, 9.17) is 114 Å². The summed E-state index contributed by atoms with van der Waals surface area (Å²) in [5, 5.41) is 34.4. The van der Waals surface area contributed by atoms with Gasteiger partial charge in [0, 0.05) is 109 Å². The third kappa shape index (κ3) is 59.1. The van der Waals surface area contributed by atoms with E-state index in [2.05, 4.69) is 54.8 Å². The molecule has 3 aliphatic heterocycles. The van der Waals surface area contributed by atoms with Gasteiger partial charge >= 0.3 is 59.7 Å². The van der Waals surface area contributed by atoms with Crippen molar-refractivity contribution in [2.45, 2.75) is 296 Å². The van der Waals surface area contributed by atoms with Crippen LogP contribution in [0.3, 0.4) is 0 Å². The molecule has 0 aliphatic carbocycles. The van der Waals surface area contributed by atoms with Crippen LogP contribution in [0.25, 0.3) is 0 Å². The molecule has 10 N–H and O–H groups in total. The summed E-state index contributed by atoms with van der Waals surface area (Å²) >= 11 is 0. The van der Waals surface area contributed by atoms with Crippen LogP contribution in [0.5, 0.6) is 0 Å². The van der Waals surface area contributed by atoms with Gasteiger partial charge in [0.15, 0.2) is 55.5 Å². The minimum absolute atomic E-state index is 0.00799. The number of carbonyl (C=O) groups excluding carboxylic acids is 18. The fraction of sp³-hybridized carbons (Fsp3) is 0.793. The second kappa shape index (κ2) is 76.0. The molecule has 1 unspecified atom stereocenters. The summed E-state index contributed by atoms with van der Waals surface area (Å²) in [5.74, 6) is -13.5. The predicted molar refractivity (Wildman–Crippen MR) is 495 cm³/mol. The average molecular weight is 2090 g/mol. The first-order chi connectivity index (χ1) is 69.2. The number of ether oxygens (including phenoxy) is 24. The maximum atomic E-state index is 14.6. The molecular formula is C92H151N9O44. The molecule has 53 heteroatoms. The van der Waals surface area contributed by atoms with E-state index >= 15 is 0 Å². The zero-order valence-electron chi connectivity index (χ0n) is 85.1. The first-order valence-electron chi connectivity index (χ1n) is 48.4. The summed E-state index contributed by atoms with van der Waals surface area (Å²) in [4.78, 5) is 239. The lowest BCUT2D eigenvalue weighted by Crippen LogP contribution is -2.66. The molecule has 0 aromatic carbocycles. The van der Waals surface area contributed by atoms with Crippen LogP contribution >= 0.6 is 0 Å². The molecule has 0 aromatic rings. The highest BCUT2D eigenvalue weighted by molar-refractivity contribution is 5.93. The minimum atomic E-state index is -1.45. The van der Waals surface area contributed by atoms with E-state index < -0.39 is 243 Å². The maximum Gasteiger partial charge on any atom is 0.326 e. The smallest absolute Gasteiger partial charge is 0.326 e. The summed E-state index contributed by atoms with van der Waals surface area (Å²) in [6.07, 6.45) is -9.13. The lowest BCUT2D eigenvalue weighted by molar-refractivity contribution is -0.279. The van der Waals surface area contributed by atoms with E-state index in [9.17, 15) is 96.2 Å². The van der Waals surface area contributed by atoms with Gasteiger partial charge in [-0.3, -0.25) is 86.3 Å². The van der Waals surface area contributed by atoms with Gasteiger partial charge in [-0.2, -0.15) is 0 Å². The molecule has 3 fully saturated rings. The normalized spacial score (nSPS) is 21.2. The number of carbonyl (C=O) groups is 19. The zero-order valence-corrected chi connectivity index (χ0v) is 85.1. The fourth-order valence-corrected chi connectivity index (χ4v) is 14.5. The highest BCUT2D eigenvalue weighted by atomic mass is 16.7. The molecule has 145 heavy (non-hydrogen) atoms. The molecule has 9 amide bonds. The van der Waals surface area contributed by atoms with Gasteiger partial charge in [0.25, 0.3) is 0 Å². The van der Waals surface area contributed by atoms with Crippen molar-refractivity contribution in [2.75, 3.05) is 178 Å². The predicted octanol–water partition coefficient (Wildman–Crippen LogP) is -2.09. The Kier molecular flexibility index (Phi) is 67.3. The number of unbranched alkanes of at least 4 members (excludes halogenated alkanes) is 7. The Morgan fingerprint density at radius 1 is 0.276 bits per heavy atom. The van der Waals surface area contributed by atoms with Gasteiger partial charge in [0.2, 0.25) is 53.2 Å². The first kappa shape index (κ1) is 128. The number of hydrogen-bond donors (Lipinski definition) is 10. The topological polar surface area (TPSA) is 674 Å². The van der Waals surface area contributed by atoms with Gasteiger partial charge in [-0.25, -0.2) is 4.79 Å². The van der Waals surface area contributed by atoms with E-state index in [-0.39, 0.29) is 209 Å². The largest absolute Gasteiger partial charge is 0.480 e. The fourth-order valence-electron chi connectivity index (χ4n) is 14.5. The number of nitrogens with one attached hydrogen (secondary N) is 9. The Hall–Kier alpha value is -10.7. The van der Waals surface area contributed by atoms with Crippen molar-refractivity contribution in [3.63, 3.8) is 0 Å². The SMILES string of the molecule is CCCCCCCC(=O)NCCCC[C@H](NC(=O)[C@H](CCCCNC(=O)COCCOCCOCCO[C@@H]1O[C@H](COC(C)=O)[C@H](OC(C)=O)C(OC(C)=O)[C@H]1NC(C)=O)NC(=O)[C@H](CCCCNC(=O)COCCOCCOCCO[C@@H]1O[C@H](COC(C)=O)[C@H](OC(C)=O)[C@H](OC(C)=O)[C@H]1NC(C)=O)NC(=O)COCCOCCOCCO[C@@H]1O[C@H](COC(C)=O)[C@H](OC(C)=O)[C@H](OC(C)=O)[C@H]1NC(C)=O)C(=O)O. The van der Waals surface area contributed by atoms with Crippen molar-refractivity contribution in [3.8, 4) is 0 Å². The van der Waals surface area contributed by atoms with Crippen LogP contribution < -0.4 is 47.9 Å².